The van der Waals surface area contributed by atoms with Crippen molar-refractivity contribution in [2.75, 3.05) is 5.73 Å². The summed E-state index contributed by atoms with van der Waals surface area (Å²) in [5.74, 6) is -0.772. The van der Waals surface area contributed by atoms with Crippen molar-refractivity contribution >= 4 is 34.2 Å². The zero-order valence-corrected chi connectivity index (χ0v) is 10.1. The van der Waals surface area contributed by atoms with E-state index in [4.69, 9.17) is 10.8 Å². The number of carbonyl (C=O) groups is 1. The van der Waals surface area contributed by atoms with Crippen LogP contribution in [0, 0.1) is 3.57 Å². The number of rotatable bonds is 2. The van der Waals surface area contributed by atoms with Gasteiger partial charge in [0, 0.05) is 6.20 Å². The van der Waals surface area contributed by atoms with E-state index in [9.17, 15) is 4.79 Å². The van der Waals surface area contributed by atoms with Crippen LogP contribution in [-0.2, 0) is 0 Å². The van der Waals surface area contributed by atoms with Crippen molar-refractivity contribution in [1.29, 1.82) is 0 Å². The number of nitrogens with zero attached hydrogens (tertiary/aromatic N) is 3. The molecule has 3 N–H and O–H groups in total. The predicted molar refractivity (Wildman–Crippen MR) is 65.4 cm³/mol. The molecule has 0 aliphatic rings. The van der Waals surface area contributed by atoms with Crippen LogP contribution in [0.2, 0.25) is 0 Å². The van der Waals surface area contributed by atoms with E-state index >= 15 is 0 Å². The van der Waals surface area contributed by atoms with Crippen LogP contribution in [0.3, 0.4) is 0 Å². The molecule has 0 fully saturated rings. The summed E-state index contributed by atoms with van der Waals surface area (Å²) in [6, 6.07) is 2.86. The molecule has 0 unspecified atom stereocenters. The number of aromatic nitrogens is 3. The molecule has 0 radical (unpaired) electrons. The molecule has 0 bridgehead atoms. The van der Waals surface area contributed by atoms with Crippen molar-refractivity contribution in [3.63, 3.8) is 0 Å². The number of hydrogen-bond acceptors (Lipinski definition) is 4. The number of hydrogen-bond donors (Lipinski definition) is 2. The van der Waals surface area contributed by atoms with Crippen LogP contribution in [0.4, 0.5) is 5.69 Å². The van der Waals surface area contributed by atoms with Gasteiger partial charge in [0.25, 0.3) is 0 Å². The van der Waals surface area contributed by atoms with Gasteiger partial charge in [0.2, 0.25) is 0 Å². The van der Waals surface area contributed by atoms with Crippen molar-refractivity contribution in [3.05, 3.63) is 33.8 Å². The fourth-order valence-electron chi connectivity index (χ4n) is 1.18. The molecule has 2 rings (SSSR count). The number of aromatic carboxylic acids is 1. The lowest BCUT2D eigenvalue weighted by atomic mass is 10.3. The minimum Gasteiger partial charge on any atom is -0.477 e. The number of carboxylic acids is 1. The molecule has 2 aromatic heterocycles. The molecular formula is C9H7IN4O2. The molecule has 0 aliphatic heterocycles. The van der Waals surface area contributed by atoms with Gasteiger partial charge in [-0.15, -0.1) is 0 Å². The quantitative estimate of drug-likeness (QED) is 0.806. The third-order valence-electron chi connectivity index (χ3n) is 1.89. The second-order valence-corrected chi connectivity index (χ2v) is 4.26. The van der Waals surface area contributed by atoms with Crippen LogP contribution in [0.5, 0.6) is 0 Å². The van der Waals surface area contributed by atoms with E-state index in [0.29, 0.717) is 11.5 Å². The van der Waals surface area contributed by atoms with E-state index in [1.54, 1.807) is 12.4 Å². The highest BCUT2D eigenvalue weighted by Gasteiger charge is 2.10. The minimum absolute atomic E-state index is 0.0605. The summed E-state index contributed by atoms with van der Waals surface area (Å²) in [7, 11) is 0. The van der Waals surface area contributed by atoms with Crippen molar-refractivity contribution in [2.45, 2.75) is 0 Å². The van der Waals surface area contributed by atoms with Crippen molar-refractivity contribution in [1.82, 2.24) is 14.8 Å². The first kappa shape index (κ1) is 10.9. The summed E-state index contributed by atoms with van der Waals surface area (Å²) < 4.78 is 2.36. The number of anilines is 1. The summed E-state index contributed by atoms with van der Waals surface area (Å²) in [6.45, 7) is 0. The lowest BCUT2D eigenvalue weighted by Gasteiger charge is -2.04. The Morgan fingerprint density at radius 2 is 2.25 bits per heavy atom. The number of halogens is 1. The van der Waals surface area contributed by atoms with Crippen LogP contribution in [0.15, 0.2) is 24.5 Å². The van der Waals surface area contributed by atoms with Gasteiger partial charge >= 0.3 is 5.97 Å². The standard InChI is InChI=1S/C9H7IN4O2/c10-5-3-12-14(4-5)8-6(11)1-2-7(13-8)9(15)16/h1-4H,11H2,(H,15,16). The third-order valence-corrected chi connectivity index (χ3v) is 2.45. The SMILES string of the molecule is Nc1ccc(C(=O)O)nc1-n1cc(I)cn1. The Kier molecular flexibility index (Phi) is 2.77. The Balaban J connectivity index is 2.55. The van der Waals surface area contributed by atoms with Gasteiger partial charge in [0.15, 0.2) is 11.5 Å². The van der Waals surface area contributed by atoms with Gasteiger partial charge in [-0.25, -0.2) is 14.5 Å². The van der Waals surface area contributed by atoms with E-state index in [-0.39, 0.29) is 5.69 Å². The molecule has 82 valence electrons. The first-order valence-electron chi connectivity index (χ1n) is 4.28. The van der Waals surface area contributed by atoms with E-state index < -0.39 is 5.97 Å². The van der Waals surface area contributed by atoms with Crippen molar-refractivity contribution in [3.8, 4) is 5.82 Å². The normalized spacial score (nSPS) is 10.3. The molecule has 0 amide bonds. The summed E-state index contributed by atoms with van der Waals surface area (Å²) in [5.41, 5.74) is 6.03. The Labute approximate surface area is 104 Å². The van der Waals surface area contributed by atoms with Gasteiger partial charge in [0.05, 0.1) is 15.5 Å². The van der Waals surface area contributed by atoms with Crippen LogP contribution < -0.4 is 5.73 Å². The molecule has 0 spiro atoms. The van der Waals surface area contributed by atoms with Crippen LogP contribution >= 0.6 is 22.6 Å². The fourth-order valence-corrected chi connectivity index (χ4v) is 1.57. The Morgan fingerprint density at radius 1 is 1.50 bits per heavy atom. The topological polar surface area (TPSA) is 94.0 Å². The highest BCUT2D eigenvalue weighted by Crippen LogP contribution is 2.15. The summed E-state index contributed by atoms with van der Waals surface area (Å²) in [6.07, 6.45) is 3.35. The second kappa shape index (κ2) is 4.08. The fraction of sp³-hybridized carbons (Fsp3) is 0. The summed E-state index contributed by atoms with van der Waals surface area (Å²) >= 11 is 2.09. The smallest absolute Gasteiger partial charge is 0.354 e. The van der Waals surface area contributed by atoms with E-state index in [1.165, 1.54) is 16.8 Å². The maximum absolute atomic E-state index is 10.8. The molecule has 0 aromatic carbocycles. The van der Waals surface area contributed by atoms with Crippen molar-refractivity contribution in [2.24, 2.45) is 0 Å². The maximum atomic E-state index is 10.8. The number of nitrogens with two attached hydrogens (primary N) is 1. The van der Waals surface area contributed by atoms with E-state index in [0.717, 1.165) is 3.57 Å². The molecule has 0 aliphatic carbocycles. The lowest BCUT2D eigenvalue weighted by molar-refractivity contribution is 0.0690. The van der Waals surface area contributed by atoms with E-state index in [1.807, 2.05) is 0 Å². The van der Waals surface area contributed by atoms with Gasteiger partial charge in [-0.2, -0.15) is 5.10 Å². The van der Waals surface area contributed by atoms with E-state index in [2.05, 4.69) is 32.7 Å². The highest BCUT2D eigenvalue weighted by molar-refractivity contribution is 14.1. The van der Waals surface area contributed by atoms with Gasteiger partial charge in [-0.1, -0.05) is 0 Å². The van der Waals surface area contributed by atoms with Gasteiger partial charge < -0.3 is 10.8 Å². The minimum atomic E-state index is -1.09. The van der Waals surface area contributed by atoms with Crippen LogP contribution in [0.25, 0.3) is 5.82 Å². The lowest BCUT2D eigenvalue weighted by Crippen LogP contribution is -2.08. The monoisotopic (exact) mass is 330 g/mol. The largest absolute Gasteiger partial charge is 0.477 e. The Morgan fingerprint density at radius 3 is 2.81 bits per heavy atom. The zero-order valence-electron chi connectivity index (χ0n) is 7.96. The van der Waals surface area contributed by atoms with Gasteiger partial charge in [-0.3, -0.25) is 0 Å². The molecule has 7 heteroatoms. The van der Waals surface area contributed by atoms with Gasteiger partial charge in [0.1, 0.15) is 0 Å². The molecule has 0 saturated heterocycles. The van der Waals surface area contributed by atoms with Crippen molar-refractivity contribution < 1.29 is 9.90 Å². The first-order valence-corrected chi connectivity index (χ1v) is 5.36. The van der Waals surface area contributed by atoms with Gasteiger partial charge in [-0.05, 0) is 34.7 Å². The number of carboxylic acid groups (broad SMARTS) is 1. The molecule has 2 aromatic rings. The summed E-state index contributed by atoms with van der Waals surface area (Å²) in [4.78, 5) is 14.7. The summed E-state index contributed by atoms with van der Waals surface area (Å²) in [5, 5.41) is 12.8. The molecule has 16 heavy (non-hydrogen) atoms. The zero-order chi connectivity index (χ0) is 11.7. The Hall–Kier alpha value is -1.64. The third kappa shape index (κ3) is 1.98. The number of nitrogen functional groups attached to an aromatic ring is 1. The molecule has 0 atom stereocenters. The van der Waals surface area contributed by atoms with Crippen LogP contribution in [-0.4, -0.2) is 25.8 Å². The predicted octanol–water partition coefficient (Wildman–Crippen LogP) is 1.15. The highest BCUT2D eigenvalue weighted by atomic mass is 127. The van der Waals surface area contributed by atoms with Crippen LogP contribution in [0.1, 0.15) is 10.5 Å². The second-order valence-electron chi connectivity index (χ2n) is 3.02. The molecule has 2 heterocycles. The molecule has 6 nitrogen and oxygen atoms in total. The molecular weight excluding hydrogens is 323 g/mol. The average molecular weight is 330 g/mol. The Bertz CT molecular complexity index is 552. The maximum Gasteiger partial charge on any atom is 0.354 e. The number of pyridine rings is 1. The molecule has 0 saturated carbocycles. The average Bonchev–Trinajstić information content (AvgIpc) is 2.65. The first-order chi connectivity index (χ1) is 7.58.